The van der Waals surface area contributed by atoms with Crippen molar-refractivity contribution in [1.29, 1.82) is 0 Å². The Hall–Kier alpha value is -3.39. The van der Waals surface area contributed by atoms with Gasteiger partial charge in [-0.25, -0.2) is 10.9 Å². The lowest BCUT2D eigenvalue weighted by Gasteiger charge is -2.12. The van der Waals surface area contributed by atoms with Gasteiger partial charge in [0.25, 0.3) is 11.8 Å². The van der Waals surface area contributed by atoms with Crippen molar-refractivity contribution in [3.63, 3.8) is 0 Å². The molecule has 0 saturated heterocycles. The van der Waals surface area contributed by atoms with Crippen LogP contribution >= 0.6 is 0 Å². The van der Waals surface area contributed by atoms with E-state index in [2.05, 4.69) is 10.5 Å². The van der Waals surface area contributed by atoms with Gasteiger partial charge in [0.15, 0.2) is 11.5 Å². The number of hydrogen-bond acceptors (Lipinski definition) is 6. The minimum Gasteiger partial charge on any atom is -0.490 e. The fourth-order valence-corrected chi connectivity index (χ4v) is 2.29. The van der Waals surface area contributed by atoms with Gasteiger partial charge in [-0.1, -0.05) is 12.1 Å². The molecule has 3 N–H and O–H groups in total. The summed E-state index contributed by atoms with van der Waals surface area (Å²) >= 11 is 0. The maximum Gasteiger partial charge on any atom is 0.274 e. The van der Waals surface area contributed by atoms with Gasteiger partial charge in [-0.3, -0.25) is 14.8 Å². The quantitative estimate of drug-likeness (QED) is 0.375. The summed E-state index contributed by atoms with van der Waals surface area (Å²) < 4.78 is 11.2. The van der Waals surface area contributed by atoms with Crippen molar-refractivity contribution < 1.29 is 24.3 Å². The molecule has 2 aromatic carbocycles. The Balaban J connectivity index is 2.14. The third kappa shape index (κ3) is 5.29. The molecule has 0 radical (unpaired) electrons. The number of rotatable bonds is 8. The van der Waals surface area contributed by atoms with Gasteiger partial charge in [-0.05, 0) is 44.2 Å². The fraction of sp³-hybridized carbons (Fsp3) is 0.211. The van der Waals surface area contributed by atoms with E-state index in [4.69, 9.17) is 14.7 Å². The molecule has 8 heteroatoms. The van der Waals surface area contributed by atoms with Crippen molar-refractivity contribution in [3.8, 4) is 11.5 Å². The number of hydrazone groups is 1. The van der Waals surface area contributed by atoms with Gasteiger partial charge in [0, 0.05) is 16.7 Å². The molecular formula is C19H21N3O5. The van der Waals surface area contributed by atoms with E-state index in [9.17, 15) is 9.59 Å². The molecule has 0 aliphatic carbocycles. The normalized spacial score (nSPS) is 10.5. The Bertz CT molecular complexity index is 836. The Morgan fingerprint density at radius 1 is 1.04 bits per heavy atom. The molecular weight excluding hydrogens is 350 g/mol. The van der Waals surface area contributed by atoms with Crippen LogP contribution in [0.15, 0.2) is 47.6 Å². The molecule has 0 aliphatic rings. The number of benzene rings is 2. The predicted octanol–water partition coefficient (Wildman–Crippen LogP) is 2.37. The van der Waals surface area contributed by atoms with Crippen LogP contribution in [0.5, 0.6) is 11.5 Å². The second-order valence-electron chi connectivity index (χ2n) is 5.26. The number of hydrogen-bond donors (Lipinski definition) is 3. The highest BCUT2D eigenvalue weighted by Gasteiger charge is 2.11. The standard InChI is InChI=1S/C19H21N3O5/c1-3-26-16-10-6-9-15(17(16)27-4-2)12-20-21-18(23)13-7-5-8-14(11-13)19(24)22-25/h5-12,25H,3-4H2,1-2H3,(H,21,23)(H,22,24)/b20-12+. The Morgan fingerprint density at radius 3 is 2.37 bits per heavy atom. The zero-order chi connectivity index (χ0) is 19.6. The topological polar surface area (TPSA) is 109 Å². The van der Waals surface area contributed by atoms with E-state index < -0.39 is 11.8 Å². The Kier molecular flexibility index (Phi) is 7.33. The number of carbonyl (C=O) groups is 2. The molecule has 0 atom stereocenters. The first-order chi connectivity index (χ1) is 13.1. The summed E-state index contributed by atoms with van der Waals surface area (Å²) in [5, 5.41) is 12.6. The van der Waals surface area contributed by atoms with E-state index >= 15 is 0 Å². The van der Waals surface area contributed by atoms with Crippen LogP contribution < -0.4 is 20.4 Å². The van der Waals surface area contributed by atoms with Gasteiger partial charge >= 0.3 is 0 Å². The number of nitrogens with one attached hydrogen (secondary N) is 2. The molecule has 0 aromatic heterocycles. The lowest BCUT2D eigenvalue weighted by Crippen LogP contribution is -2.21. The van der Waals surface area contributed by atoms with Crippen molar-refractivity contribution in [2.75, 3.05) is 13.2 Å². The van der Waals surface area contributed by atoms with Gasteiger partial charge in [-0.15, -0.1) is 0 Å². The molecule has 0 unspecified atom stereocenters. The van der Waals surface area contributed by atoms with Gasteiger partial charge < -0.3 is 9.47 Å². The lowest BCUT2D eigenvalue weighted by atomic mass is 10.1. The highest BCUT2D eigenvalue weighted by Crippen LogP contribution is 2.30. The van der Waals surface area contributed by atoms with Crippen LogP contribution in [0.3, 0.4) is 0 Å². The van der Waals surface area contributed by atoms with Crippen LogP contribution in [0.4, 0.5) is 0 Å². The lowest BCUT2D eigenvalue weighted by molar-refractivity contribution is 0.0706. The van der Waals surface area contributed by atoms with Crippen LogP contribution in [-0.2, 0) is 0 Å². The fourth-order valence-electron chi connectivity index (χ4n) is 2.29. The molecule has 0 spiro atoms. The second-order valence-corrected chi connectivity index (χ2v) is 5.26. The van der Waals surface area contributed by atoms with E-state index in [0.717, 1.165) is 0 Å². The summed E-state index contributed by atoms with van der Waals surface area (Å²) in [6.45, 7) is 4.69. The minimum atomic E-state index is -0.706. The monoisotopic (exact) mass is 371 g/mol. The number of para-hydroxylation sites is 1. The van der Waals surface area contributed by atoms with Gasteiger partial charge in [0.2, 0.25) is 0 Å². The maximum absolute atomic E-state index is 12.2. The smallest absolute Gasteiger partial charge is 0.274 e. The van der Waals surface area contributed by atoms with Crippen LogP contribution in [0, 0.1) is 0 Å². The molecule has 142 valence electrons. The second kappa shape index (κ2) is 9.93. The number of amides is 2. The SMILES string of the molecule is CCOc1cccc(/C=N/NC(=O)c2cccc(C(=O)NO)c2)c1OCC. The third-order valence-electron chi connectivity index (χ3n) is 3.46. The summed E-state index contributed by atoms with van der Waals surface area (Å²) in [5.74, 6) is -0.0705. The van der Waals surface area contributed by atoms with E-state index in [0.29, 0.717) is 30.3 Å². The Morgan fingerprint density at radius 2 is 1.70 bits per heavy atom. The van der Waals surface area contributed by atoms with Crippen molar-refractivity contribution in [2.45, 2.75) is 13.8 Å². The molecule has 0 saturated carbocycles. The highest BCUT2D eigenvalue weighted by atomic mass is 16.5. The first kappa shape index (κ1) is 19.9. The zero-order valence-electron chi connectivity index (χ0n) is 15.1. The Labute approximate surface area is 156 Å². The molecule has 2 aromatic rings. The molecule has 27 heavy (non-hydrogen) atoms. The first-order valence-corrected chi connectivity index (χ1v) is 8.37. The van der Waals surface area contributed by atoms with E-state index in [1.807, 2.05) is 13.8 Å². The number of hydroxylamine groups is 1. The van der Waals surface area contributed by atoms with Crippen LogP contribution in [0.2, 0.25) is 0 Å². The largest absolute Gasteiger partial charge is 0.490 e. The molecule has 0 fully saturated rings. The number of ether oxygens (including phenoxy) is 2. The maximum atomic E-state index is 12.2. The van der Waals surface area contributed by atoms with Crippen molar-refractivity contribution in [3.05, 3.63) is 59.2 Å². The van der Waals surface area contributed by atoms with Crippen LogP contribution in [0.25, 0.3) is 0 Å². The predicted molar refractivity (Wildman–Crippen MR) is 99.5 cm³/mol. The van der Waals surface area contributed by atoms with Gasteiger partial charge in [0.1, 0.15) is 0 Å². The average Bonchev–Trinajstić information content (AvgIpc) is 2.69. The molecule has 2 rings (SSSR count). The molecule has 0 aliphatic heterocycles. The minimum absolute atomic E-state index is 0.150. The summed E-state index contributed by atoms with van der Waals surface area (Å²) in [5.41, 5.74) is 4.94. The molecule has 0 heterocycles. The van der Waals surface area contributed by atoms with Gasteiger partial charge in [0.05, 0.1) is 19.4 Å². The van der Waals surface area contributed by atoms with Crippen molar-refractivity contribution >= 4 is 18.0 Å². The number of nitrogens with zero attached hydrogens (tertiary/aromatic N) is 1. The van der Waals surface area contributed by atoms with E-state index in [1.54, 1.807) is 18.2 Å². The molecule has 8 nitrogen and oxygen atoms in total. The third-order valence-corrected chi connectivity index (χ3v) is 3.46. The number of carbonyl (C=O) groups excluding carboxylic acids is 2. The summed E-state index contributed by atoms with van der Waals surface area (Å²) in [7, 11) is 0. The van der Waals surface area contributed by atoms with E-state index in [-0.39, 0.29) is 11.1 Å². The first-order valence-electron chi connectivity index (χ1n) is 8.37. The van der Waals surface area contributed by atoms with E-state index in [1.165, 1.54) is 36.0 Å². The van der Waals surface area contributed by atoms with Crippen LogP contribution in [-0.4, -0.2) is 36.4 Å². The highest BCUT2D eigenvalue weighted by molar-refractivity contribution is 5.99. The zero-order valence-corrected chi connectivity index (χ0v) is 15.1. The van der Waals surface area contributed by atoms with Crippen molar-refractivity contribution in [2.24, 2.45) is 5.10 Å². The molecule has 0 bridgehead atoms. The molecule has 2 amide bonds. The van der Waals surface area contributed by atoms with Gasteiger partial charge in [-0.2, -0.15) is 5.10 Å². The van der Waals surface area contributed by atoms with Crippen LogP contribution in [0.1, 0.15) is 40.1 Å². The summed E-state index contributed by atoms with van der Waals surface area (Å²) in [4.78, 5) is 23.6. The van der Waals surface area contributed by atoms with Crippen molar-refractivity contribution in [1.82, 2.24) is 10.9 Å². The average molecular weight is 371 g/mol. The summed E-state index contributed by atoms with van der Waals surface area (Å²) in [6.07, 6.45) is 1.45. The summed E-state index contributed by atoms with van der Waals surface area (Å²) in [6, 6.07) is 11.3.